The summed E-state index contributed by atoms with van der Waals surface area (Å²) in [5, 5.41) is 12.7. The Labute approximate surface area is 121 Å². The summed E-state index contributed by atoms with van der Waals surface area (Å²) in [6, 6.07) is 5.36. The molecule has 3 rings (SSSR count). The Morgan fingerprint density at radius 1 is 1.39 bits per heavy atom. The van der Waals surface area contributed by atoms with Gasteiger partial charge in [-0.05, 0) is 45.1 Å². The zero-order valence-corrected chi connectivity index (χ0v) is 12.2. The molecule has 2 heterocycles. The van der Waals surface area contributed by atoms with Crippen molar-refractivity contribution in [2.45, 2.75) is 6.10 Å². The molecule has 3 nitrogen and oxygen atoms in total. The van der Waals surface area contributed by atoms with E-state index >= 15 is 0 Å². The normalized spacial score (nSPS) is 14.8. The van der Waals surface area contributed by atoms with Crippen molar-refractivity contribution >= 4 is 38.9 Å². The number of fused-ring (bicyclic) bond motifs is 1. The van der Waals surface area contributed by atoms with E-state index in [1.54, 1.807) is 12.1 Å². The predicted molar refractivity (Wildman–Crippen MR) is 73.7 cm³/mol. The van der Waals surface area contributed by atoms with Gasteiger partial charge in [-0.1, -0.05) is 11.6 Å². The third kappa shape index (κ3) is 2.01. The Hall–Kier alpha value is -0.750. The van der Waals surface area contributed by atoms with Crippen molar-refractivity contribution in [2.75, 3.05) is 6.79 Å². The molecule has 6 heteroatoms. The average molecular weight is 348 g/mol. The van der Waals surface area contributed by atoms with Gasteiger partial charge in [-0.2, -0.15) is 0 Å². The van der Waals surface area contributed by atoms with Crippen LogP contribution >= 0.6 is 38.9 Å². The third-order valence-electron chi connectivity index (χ3n) is 2.66. The summed E-state index contributed by atoms with van der Waals surface area (Å²) in [4.78, 5) is 0.724. The van der Waals surface area contributed by atoms with Crippen molar-refractivity contribution < 1.29 is 14.6 Å². The standard InChI is InChI=1S/C12H8BrClO3S/c13-7-3-6(4-9-11(7)17-5-16-9)10(15)12-8(14)1-2-18-12/h1-4,10,15H,5H2. The van der Waals surface area contributed by atoms with Crippen molar-refractivity contribution in [1.29, 1.82) is 0 Å². The van der Waals surface area contributed by atoms with Gasteiger partial charge in [-0.25, -0.2) is 0 Å². The van der Waals surface area contributed by atoms with Crippen LogP contribution < -0.4 is 9.47 Å². The molecule has 1 aromatic carbocycles. The fraction of sp³-hybridized carbons (Fsp3) is 0.167. The number of rotatable bonds is 2. The van der Waals surface area contributed by atoms with Gasteiger partial charge in [0, 0.05) is 0 Å². The van der Waals surface area contributed by atoms with Gasteiger partial charge in [0.25, 0.3) is 0 Å². The molecule has 1 aliphatic rings. The largest absolute Gasteiger partial charge is 0.454 e. The lowest BCUT2D eigenvalue weighted by molar-refractivity contribution is 0.173. The van der Waals surface area contributed by atoms with E-state index in [-0.39, 0.29) is 6.79 Å². The molecule has 1 unspecified atom stereocenters. The van der Waals surface area contributed by atoms with E-state index < -0.39 is 6.10 Å². The number of benzene rings is 1. The molecular formula is C12H8BrClO3S. The van der Waals surface area contributed by atoms with E-state index in [2.05, 4.69) is 15.9 Å². The molecule has 0 saturated carbocycles. The molecule has 1 N–H and O–H groups in total. The Morgan fingerprint density at radius 3 is 2.94 bits per heavy atom. The lowest BCUT2D eigenvalue weighted by atomic mass is 10.1. The predicted octanol–water partition coefficient (Wildman–Crippen LogP) is 3.97. The third-order valence-corrected chi connectivity index (χ3v) is 4.66. The SMILES string of the molecule is OC(c1cc(Br)c2c(c1)OCO2)c1sccc1Cl. The Bertz CT molecular complexity index is 599. The molecule has 0 aliphatic carbocycles. The molecule has 2 aromatic rings. The maximum absolute atomic E-state index is 10.3. The lowest BCUT2D eigenvalue weighted by Gasteiger charge is -2.11. The lowest BCUT2D eigenvalue weighted by Crippen LogP contribution is -1.98. The van der Waals surface area contributed by atoms with Gasteiger partial charge < -0.3 is 14.6 Å². The minimum absolute atomic E-state index is 0.202. The van der Waals surface area contributed by atoms with Gasteiger partial charge in [0.1, 0.15) is 6.10 Å². The van der Waals surface area contributed by atoms with E-state index in [0.717, 1.165) is 14.9 Å². The van der Waals surface area contributed by atoms with Gasteiger partial charge in [-0.3, -0.25) is 0 Å². The van der Waals surface area contributed by atoms with Crippen LogP contribution in [0.25, 0.3) is 0 Å². The monoisotopic (exact) mass is 346 g/mol. The first-order valence-corrected chi connectivity index (χ1v) is 7.22. The van der Waals surface area contributed by atoms with Crippen LogP contribution in [0.2, 0.25) is 5.02 Å². The number of ether oxygens (including phenoxy) is 2. The van der Waals surface area contributed by atoms with Gasteiger partial charge in [0.15, 0.2) is 11.5 Å². The highest BCUT2D eigenvalue weighted by atomic mass is 79.9. The smallest absolute Gasteiger partial charge is 0.231 e. The Kier molecular flexibility index (Phi) is 3.23. The number of thiophene rings is 1. The summed E-state index contributed by atoms with van der Waals surface area (Å²) in [5.41, 5.74) is 0.718. The molecule has 0 radical (unpaired) electrons. The number of aliphatic hydroxyl groups excluding tert-OH is 1. The summed E-state index contributed by atoms with van der Waals surface area (Å²) >= 11 is 10.8. The highest BCUT2D eigenvalue weighted by Gasteiger charge is 2.22. The molecule has 0 saturated heterocycles. The Morgan fingerprint density at radius 2 is 2.22 bits per heavy atom. The van der Waals surface area contributed by atoms with Crippen LogP contribution in [-0.4, -0.2) is 11.9 Å². The van der Waals surface area contributed by atoms with E-state index in [1.807, 2.05) is 11.4 Å². The van der Waals surface area contributed by atoms with E-state index in [4.69, 9.17) is 21.1 Å². The molecular weight excluding hydrogens is 340 g/mol. The van der Waals surface area contributed by atoms with Gasteiger partial charge in [0.05, 0.1) is 14.4 Å². The van der Waals surface area contributed by atoms with E-state index in [1.165, 1.54) is 11.3 Å². The van der Waals surface area contributed by atoms with Crippen LogP contribution in [-0.2, 0) is 0 Å². The number of hydrogen-bond donors (Lipinski definition) is 1. The van der Waals surface area contributed by atoms with Crippen LogP contribution in [0, 0.1) is 0 Å². The molecule has 0 fully saturated rings. The quantitative estimate of drug-likeness (QED) is 0.893. The Balaban J connectivity index is 2.03. The van der Waals surface area contributed by atoms with E-state index in [0.29, 0.717) is 16.5 Å². The second kappa shape index (κ2) is 4.74. The molecule has 0 bridgehead atoms. The maximum Gasteiger partial charge on any atom is 0.231 e. The van der Waals surface area contributed by atoms with Crippen LogP contribution in [0.5, 0.6) is 11.5 Å². The van der Waals surface area contributed by atoms with Gasteiger partial charge in [-0.15, -0.1) is 11.3 Å². The van der Waals surface area contributed by atoms with E-state index in [9.17, 15) is 5.11 Å². The number of halogens is 2. The molecule has 1 atom stereocenters. The van der Waals surface area contributed by atoms with Crippen LogP contribution in [0.4, 0.5) is 0 Å². The summed E-state index contributed by atoms with van der Waals surface area (Å²) in [7, 11) is 0. The summed E-state index contributed by atoms with van der Waals surface area (Å²) in [6.45, 7) is 0.202. The van der Waals surface area contributed by atoms with Crippen molar-refractivity contribution in [3.63, 3.8) is 0 Å². The van der Waals surface area contributed by atoms with Crippen molar-refractivity contribution in [3.05, 3.63) is 43.5 Å². The van der Waals surface area contributed by atoms with Crippen molar-refractivity contribution in [3.8, 4) is 11.5 Å². The summed E-state index contributed by atoms with van der Waals surface area (Å²) < 4.78 is 11.4. The number of aliphatic hydroxyl groups is 1. The van der Waals surface area contributed by atoms with Crippen LogP contribution in [0.1, 0.15) is 16.5 Å². The number of hydrogen-bond acceptors (Lipinski definition) is 4. The highest BCUT2D eigenvalue weighted by Crippen LogP contribution is 2.43. The molecule has 1 aliphatic heterocycles. The molecule has 0 amide bonds. The zero-order valence-electron chi connectivity index (χ0n) is 9.02. The van der Waals surface area contributed by atoms with Crippen LogP contribution in [0.15, 0.2) is 28.1 Å². The first-order chi connectivity index (χ1) is 8.66. The average Bonchev–Trinajstić information content (AvgIpc) is 2.96. The van der Waals surface area contributed by atoms with Crippen molar-refractivity contribution in [2.24, 2.45) is 0 Å². The summed E-state index contributed by atoms with van der Waals surface area (Å²) in [5.74, 6) is 1.30. The fourth-order valence-electron chi connectivity index (χ4n) is 1.80. The zero-order chi connectivity index (χ0) is 12.7. The first kappa shape index (κ1) is 12.3. The highest BCUT2D eigenvalue weighted by molar-refractivity contribution is 9.10. The topological polar surface area (TPSA) is 38.7 Å². The molecule has 1 aromatic heterocycles. The van der Waals surface area contributed by atoms with Crippen molar-refractivity contribution in [1.82, 2.24) is 0 Å². The maximum atomic E-state index is 10.3. The van der Waals surface area contributed by atoms with Crippen LogP contribution in [0.3, 0.4) is 0 Å². The second-order valence-electron chi connectivity index (χ2n) is 3.77. The molecule has 0 spiro atoms. The summed E-state index contributed by atoms with van der Waals surface area (Å²) in [6.07, 6.45) is -0.761. The first-order valence-electron chi connectivity index (χ1n) is 5.17. The second-order valence-corrected chi connectivity index (χ2v) is 5.98. The fourth-order valence-corrected chi connectivity index (χ4v) is 3.54. The van der Waals surface area contributed by atoms with Gasteiger partial charge in [0.2, 0.25) is 6.79 Å². The molecule has 18 heavy (non-hydrogen) atoms. The molecule has 94 valence electrons. The van der Waals surface area contributed by atoms with Gasteiger partial charge >= 0.3 is 0 Å². The minimum atomic E-state index is -0.761. The minimum Gasteiger partial charge on any atom is -0.454 e.